The van der Waals surface area contributed by atoms with Gasteiger partial charge in [-0.2, -0.15) is 8.78 Å². The van der Waals surface area contributed by atoms with Gasteiger partial charge in [0.15, 0.2) is 0 Å². The zero-order valence-corrected chi connectivity index (χ0v) is 14.9. The number of alkyl halides is 2. The van der Waals surface area contributed by atoms with E-state index in [1.807, 2.05) is 12.1 Å². The number of hydrogen-bond acceptors (Lipinski definition) is 4. The Morgan fingerprint density at radius 2 is 1.83 bits per heavy atom. The quantitative estimate of drug-likeness (QED) is 0.728. The maximum Gasteiger partial charge on any atom is 0.288 e. The Morgan fingerprint density at radius 3 is 2.30 bits per heavy atom. The fraction of sp³-hybridized carbons (Fsp3) is 0.600. The number of thioether (sulfide) groups is 1. The molecular formula is C15H22F2N2O2S2. The Labute approximate surface area is 140 Å². The lowest BCUT2D eigenvalue weighted by Crippen LogP contribution is -2.44. The van der Waals surface area contributed by atoms with Gasteiger partial charge in [-0.05, 0) is 30.5 Å². The standard InChI is InChI=1S/C15H22F2N2O2S2/c1-18(23(2,20)21)13-7-9-19(10-8-13)11-12-3-5-14(6-4-12)22-15(16)17/h3-6,13,15H,7-11H2,1-2H3. The summed E-state index contributed by atoms with van der Waals surface area (Å²) in [6.07, 6.45) is 2.85. The van der Waals surface area contributed by atoms with Crippen molar-refractivity contribution in [2.75, 3.05) is 26.4 Å². The summed E-state index contributed by atoms with van der Waals surface area (Å²) in [5, 5.41) is 0. The van der Waals surface area contributed by atoms with Crippen molar-refractivity contribution >= 4 is 21.8 Å². The highest BCUT2D eigenvalue weighted by atomic mass is 32.2. The highest BCUT2D eigenvalue weighted by Crippen LogP contribution is 2.26. The Balaban J connectivity index is 1.84. The molecule has 0 spiro atoms. The number of hydrogen-bond donors (Lipinski definition) is 0. The second-order valence-electron chi connectivity index (χ2n) is 5.81. The van der Waals surface area contributed by atoms with Gasteiger partial charge in [0.25, 0.3) is 5.76 Å². The van der Waals surface area contributed by atoms with Crippen LogP contribution in [0.1, 0.15) is 18.4 Å². The van der Waals surface area contributed by atoms with Crippen LogP contribution in [-0.2, 0) is 16.6 Å². The summed E-state index contributed by atoms with van der Waals surface area (Å²) in [5.74, 6) is -2.40. The summed E-state index contributed by atoms with van der Waals surface area (Å²) in [4.78, 5) is 2.83. The van der Waals surface area contributed by atoms with Crippen LogP contribution in [0.15, 0.2) is 29.2 Å². The van der Waals surface area contributed by atoms with E-state index in [9.17, 15) is 17.2 Å². The van der Waals surface area contributed by atoms with Gasteiger partial charge in [-0.15, -0.1) is 0 Å². The van der Waals surface area contributed by atoms with Gasteiger partial charge in [-0.3, -0.25) is 4.90 Å². The molecule has 1 saturated heterocycles. The molecule has 8 heteroatoms. The third kappa shape index (κ3) is 5.70. The molecule has 2 rings (SSSR count). The van der Waals surface area contributed by atoms with E-state index in [0.717, 1.165) is 38.0 Å². The number of likely N-dealkylation sites (tertiary alicyclic amines) is 1. The Hall–Kier alpha value is -0.700. The molecule has 0 saturated carbocycles. The summed E-state index contributed by atoms with van der Waals surface area (Å²) in [6, 6.07) is 7.25. The van der Waals surface area contributed by atoms with Gasteiger partial charge in [0.05, 0.1) is 6.26 Å². The first-order valence-corrected chi connectivity index (χ1v) is 10.2. The predicted molar refractivity (Wildman–Crippen MR) is 89.2 cm³/mol. The van der Waals surface area contributed by atoms with E-state index in [2.05, 4.69) is 4.90 Å². The molecule has 0 atom stereocenters. The van der Waals surface area contributed by atoms with Crippen LogP contribution in [0, 0.1) is 0 Å². The molecule has 0 bridgehead atoms. The van der Waals surface area contributed by atoms with Crippen LogP contribution in [0.4, 0.5) is 8.78 Å². The summed E-state index contributed by atoms with van der Waals surface area (Å²) in [5.41, 5.74) is 1.08. The van der Waals surface area contributed by atoms with Crippen molar-refractivity contribution in [3.05, 3.63) is 29.8 Å². The van der Waals surface area contributed by atoms with Crippen molar-refractivity contribution in [2.45, 2.75) is 36.1 Å². The maximum absolute atomic E-state index is 12.3. The molecule has 0 aromatic heterocycles. The molecule has 1 aromatic carbocycles. The lowest BCUT2D eigenvalue weighted by Gasteiger charge is -2.35. The number of rotatable bonds is 6. The van der Waals surface area contributed by atoms with Crippen LogP contribution in [0.5, 0.6) is 0 Å². The van der Waals surface area contributed by atoms with Crippen LogP contribution in [0.25, 0.3) is 0 Å². The van der Waals surface area contributed by atoms with Gasteiger partial charge in [0.1, 0.15) is 0 Å². The van der Waals surface area contributed by atoms with Gasteiger partial charge in [0, 0.05) is 37.6 Å². The van der Waals surface area contributed by atoms with E-state index < -0.39 is 15.8 Å². The van der Waals surface area contributed by atoms with Crippen molar-refractivity contribution < 1.29 is 17.2 Å². The molecule has 1 aliphatic rings. The zero-order valence-electron chi connectivity index (χ0n) is 13.3. The molecule has 0 radical (unpaired) electrons. The Bertz CT molecular complexity index is 600. The van der Waals surface area contributed by atoms with Crippen LogP contribution in [-0.4, -0.2) is 55.8 Å². The molecule has 23 heavy (non-hydrogen) atoms. The fourth-order valence-corrected chi connectivity index (χ4v) is 4.00. The molecule has 0 unspecified atom stereocenters. The predicted octanol–water partition coefficient (Wildman–Crippen LogP) is 2.86. The lowest BCUT2D eigenvalue weighted by atomic mass is 10.0. The smallest absolute Gasteiger partial charge is 0.288 e. The van der Waals surface area contributed by atoms with Crippen LogP contribution in [0.3, 0.4) is 0 Å². The minimum atomic E-state index is -3.14. The van der Waals surface area contributed by atoms with E-state index in [4.69, 9.17) is 0 Å². The Kier molecular flexibility index (Phi) is 6.41. The molecular weight excluding hydrogens is 342 g/mol. The molecule has 4 nitrogen and oxygen atoms in total. The summed E-state index contributed by atoms with van der Waals surface area (Å²) < 4.78 is 49.2. The summed E-state index contributed by atoms with van der Waals surface area (Å²) in [6.45, 7) is 2.42. The fourth-order valence-electron chi connectivity index (χ4n) is 2.75. The molecule has 130 valence electrons. The second-order valence-corrected chi connectivity index (χ2v) is 8.91. The molecule has 0 amide bonds. The number of nitrogens with zero attached hydrogens (tertiary/aromatic N) is 2. The second kappa shape index (κ2) is 7.92. The number of benzene rings is 1. The van der Waals surface area contributed by atoms with Crippen LogP contribution >= 0.6 is 11.8 Å². The van der Waals surface area contributed by atoms with Crippen molar-refractivity contribution in [2.24, 2.45) is 0 Å². The van der Waals surface area contributed by atoms with Gasteiger partial charge in [0.2, 0.25) is 10.0 Å². The topological polar surface area (TPSA) is 40.6 Å². The van der Waals surface area contributed by atoms with Crippen molar-refractivity contribution in [1.82, 2.24) is 9.21 Å². The third-order valence-electron chi connectivity index (χ3n) is 4.15. The average Bonchev–Trinajstić information content (AvgIpc) is 2.48. The lowest BCUT2D eigenvalue weighted by molar-refractivity contribution is 0.164. The number of sulfonamides is 1. The number of piperidine rings is 1. The molecule has 1 heterocycles. The normalized spacial score (nSPS) is 18.0. The molecule has 0 N–H and O–H groups in total. The van der Waals surface area contributed by atoms with Gasteiger partial charge < -0.3 is 0 Å². The first kappa shape index (κ1) is 18.6. The largest absolute Gasteiger partial charge is 0.299 e. The minimum absolute atomic E-state index is 0.0612. The molecule has 0 aliphatic carbocycles. The van der Waals surface area contributed by atoms with Gasteiger partial charge >= 0.3 is 0 Å². The summed E-state index contributed by atoms with van der Waals surface area (Å²) in [7, 11) is -1.51. The molecule has 1 fully saturated rings. The van der Waals surface area contributed by atoms with Crippen molar-refractivity contribution in [1.29, 1.82) is 0 Å². The van der Waals surface area contributed by atoms with Crippen molar-refractivity contribution in [3.8, 4) is 0 Å². The average molecular weight is 364 g/mol. The van der Waals surface area contributed by atoms with E-state index in [1.54, 1.807) is 19.2 Å². The van der Waals surface area contributed by atoms with E-state index >= 15 is 0 Å². The monoisotopic (exact) mass is 364 g/mol. The minimum Gasteiger partial charge on any atom is -0.299 e. The molecule has 1 aromatic rings. The van der Waals surface area contributed by atoms with E-state index in [0.29, 0.717) is 16.7 Å². The van der Waals surface area contributed by atoms with E-state index in [1.165, 1.54) is 10.6 Å². The third-order valence-corrected chi connectivity index (χ3v) is 6.22. The first-order valence-electron chi connectivity index (χ1n) is 7.45. The van der Waals surface area contributed by atoms with Crippen molar-refractivity contribution in [3.63, 3.8) is 0 Å². The van der Waals surface area contributed by atoms with E-state index in [-0.39, 0.29) is 6.04 Å². The highest BCUT2D eigenvalue weighted by Gasteiger charge is 2.27. The Morgan fingerprint density at radius 1 is 1.26 bits per heavy atom. The summed E-state index contributed by atoms with van der Waals surface area (Å²) >= 11 is 0.550. The van der Waals surface area contributed by atoms with Crippen LogP contribution in [0.2, 0.25) is 0 Å². The maximum atomic E-state index is 12.3. The number of halogens is 2. The van der Waals surface area contributed by atoms with Gasteiger partial charge in [-0.1, -0.05) is 23.9 Å². The highest BCUT2D eigenvalue weighted by molar-refractivity contribution is 7.99. The van der Waals surface area contributed by atoms with Gasteiger partial charge in [-0.25, -0.2) is 12.7 Å². The molecule has 1 aliphatic heterocycles. The zero-order chi connectivity index (χ0) is 17.0. The SMILES string of the molecule is CN(C1CCN(Cc2ccc(SC(F)F)cc2)CC1)S(C)(=O)=O. The first-order chi connectivity index (χ1) is 10.8. The van der Waals surface area contributed by atoms with Crippen LogP contribution < -0.4 is 0 Å².